The highest BCUT2D eigenvalue weighted by Gasteiger charge is 2.18. The predicted molar refractivity (Wildman–Crippen MR) is 83.7 cm³/mol. The van der Waals surface area contributed by atoms with Crippen LogP contribution in [0.1, 0.15) is 11.1 Å². The topological polar surface area (TPSA) is 45.2 Å². The molecule has 3 rings (SSSR count). The quantitative estimate of drug-likeness (QED) is 0.821. The van der Waals surface area contributed by atoms with Gasteiger partial charge in [-0.05, 0) is 36.1 Å². The molecule has 0 radical (unpaired) electrons. The second kappa shape index (κ2) is 6.14. The maximum absolute atomic E-state index is 12.4. The highest BCUT2D eigenvalue weighted by molar-refractivity contribution is 6.32. The Morgan fingerprint density at radius 3 is 2.38 bits per heavy atom. The first-order chi connectivity index (χ1) is 10.2. The summed E-state index contributed by atoms with van der Waals surface area (Å²) in [5, 5.41) is 3.14. The molecule has 1 aliphatic rings. The van der Waals surface area contributed by atoms with Crippen LogP contribution in [0.5, 0.6) is 0 Å². The zero-order chi connectivity index (χ0) is 14.7. The molecule has 0 saturated carbocycles. The van der Waals surface area contributed by atoms with Crippen molar-refractivity contribution >= 4 is 23.3 Å². The summed E-state index contributed by atoms with van der Waals surface area (Å²) in [6, 6.07) is 11.7. The standard InChI is InChI=1S/C16H16ClN3O/c17-15-14(6-3-9-18-15)19-16(21)20-10-7-12-4-1-2-5-13(12)8-11-20/h1-6,9H,7-8,10-11H2,(H,19,21). The van der Waals surface area contributed by atoms with Gasteiger partial charge in [-0.15, -0.1) is 0 Å². The molecule has 0 aliphatic carbocycles. The third-order valence-corrected chi connectivity index (χ3v) is 4.01. The van der Waals surface area contributed by atoms with E-state index in [1.807, 2.05) is 17.0 Å². The van der Waals surface area contributed by atoms with Gasteiger partial charge in [0.15, 0.2) is 5.15 Å². The molecule has 2 amide bonds. The fourth-order valence-electron chi connectivity index (χ4n) is 2.54. The monoisotopic (exact) mass is 301 g/mol. The average molecular weight is 302 g/mol. The molecule has 2 aromatic rings. The van der Waals surface area contributed by atoms with E-state index in [0.29, 0.717) is 23.9 Å². The van der Waals surface area contributed by atoms with Crippen LogP contribution in [0.3, 0.4) is 0 Å². The minimum Gasteiger partial charge on any atom is -0.324 e. The number of halogens is 1. The van der Waals surface area contributed by atoms with Gasteiger partial charge in [0.1, 0.15) is 0 Å². The largest absolute Gasteiger partial charge is 0.324 e. The van der Waals surface area contributed by atoms with Gasteiger partial charge in [0, 0.05) is 19.3 Å². The highest BCUT2D eigenvalue weighted by Crippen LogP contribution is 2.19. The second-order valence-corrected chi connectivity index (χ2v) is 5.39. The van der Waals surface area contributed by atoms with Gasteiger partial charge < -0.3 is 10.2 Å². The number of hydrogen-bond acceptors (Lipinski definition) is 2. The maximum atomic E-state index is 12.4. The number of rotatable bonds is 1. The van der Waals surface area contributed by atoms with Crippen LogP contribution in [-0.2, 0) is 12.8 Å². The molecule has 2 heterocycles. The number of aromatic nitrogens is 1. The van der Waals surface area contributed by atoms with Crippen LogP contribution in [0, 0.1) is 0 Å². The van der Waals surface area contributed by atoms with Crippen molar-refractivity contribution in [3.05, 3.63) is 58.9 Å². The first-order valence-electron chi connectivity index (χ1n) is 6.97. The summed E-state index contributed by atoms with van der Waals surface area (Å²) in [7, 11) is 0. The third kappa shape index (κ3) is 3.16. The summed E-state index contributed by atoms with van der Waals surface area (Å²) in [5.41, 5.74) is 3.20. The summed E-state index contributed by atoms with van der Waals surface area (Å²) < 4.78 is 0. The second-order valence-electron chi connectivity index (χ2n) is 5.03. The maximum Gasteiger partial charge on any atom is 0.321 e. The van der Waals surface area contributed by atoms with Crippen LogP contribution in [-0.4, -0.2) is 29.0 Å². The van der Waals surface area contributed by atoms with Crippen molar-refractivity contribution in [3.63, 3.8) is 0 Å². The van der Waals surface area contributed by atoms with Crippen LogP contribution in [0.15, 0.2) is 42.6 Å². The molecule has 1 aromatic heterocycles. The lowest BCUT2D eigenvalue weighted by atomic mass is 10.0. The predicted octanol–water partition coefficient (Wildman–Crippen LogP) is 3.37. The Kier molecular flexibility index (Phi) is 4.06. The van der Waals surface area contributed by atoms with Crippen molar-refractivity contribution in [3.8, 4) is 0 Å². The van der Waals surface area contributed by atoms with E-state index in [-0.39, 0.29) is 6.03 Å². The van der Waals surface area contributed by atoms with Crippen molar-refractivity contribution < 1.29 is 4.79 Å². The minimum absolute atomic E-state index is 0.127. The Labute approximate surface area is 128 Å². The number of hydrogen-bond donors (Lipinski definition) is 1. The van der Waals surface area contributed by atoms with Crippen LogP contribution in [0.4, 0.5) is 10.5 Å². The molecule has 108 valence electrons. The molecule has 1 N–H and O–H groups in total. The van der Waals surface area contributed by atoms with E-state index in [1.165, 1.54) is 11.1 Å². The van der Waals surface area contributed by atoms with E-state index in [4.69, 9.17) is 11.6 Å². The summed E-state index contributed by atoms with van der Waals surface area (Å²) in [4.78, 5) is 18.1. The molecule has 0 fully saturated rings. The zero-order valence-electron chi connectivity index (χ0n) is 11.6. The van der Waals surface area contributed by atoms with Crippen LogP contribution < -0.4 is 5.32 Å². The number of benzene rings is 1. The number of urea groups is 1. The van der Waals surface area contributed by atoms with E-state index in [2.05, 4.69) is 22.4 Å². The first-order valence-corrected chi connectivity index (χ1v) is 7.35. The van der Waals surface area contributed by atoms with Crippen LogP contribution in [0.25, 0.3) is 0 Å². The number of carbonyl (C=O) groups excluding carboxylic acids is 1. The number of pyridine rings is 1. The normalized spacial score (nSPS) is 14.2. The average Bonchev–Trinajstić information content (AvgIpc) is 2.72. The lowest BCUT2D eigenvalue weighted by Crippen LogP contribution is -2.36. The summed E-state index contributed by atoms with van der Waals surface area (Å²) in [6.45, 7) is 1.42. The fraction of sp³-hybridized carbons (Fsp3) is 0.250. The molecule has 0 saturated heterocycles. The number of anilines is 1. The smallest absolute Gasteiger partial charge is 0.321 e. The van der Waals surface area contributed by atoms with Gasteiger partial charge in [0.05, 0.1) is 5.69 Å². The molecule has 5 heteroatoms. The molecular weight excluding hydrogens is 286 g/mol. The SMILES string of the molecule is O=C(Nc1cccnc1Cl)N1CCc2ccccc2CC1. The number of carbonyl (C=O) groups is 1. The summed E-state index contributed by atoms with van der Waals surface area (Å²) >= 11 is 5.97. The summed E-state index contributed by atoms with van der Waals surface area (Å²) in [6.07, 6.45) is 3.36. The van der Waals surface area contributed by atoms with E-state index in [9.17, 15) is 4.79 Å². The van der Waals surface area contributed by atoms with Crippen molar-refractivity contribution in [1.29, 1.82) is 0 Å². The number of fused-ring (bicyclic) bond motifs is 1. The molecule has 1 aliphatic heterocycles. The third-order valence-electron chi connectivity index (χ3n) is 3.71. The van der Waals surface area contributed by atoms with Crippen molar-refractivity contribution in [2.75, 3.05) is 18.4 Å². The van der Waals surface area contributed by atoms with E-state index in [0.717, 1.165) is 12.8 Å². The molecule has 4 nitrogen and oxygen atoms in total. The Morgan fingerprint density at radius 1 is 1.10 bits per heavy atom. The molecule has 1 aromatic carbocycles. The molecule has 0 spiro atoms. The van der Waals surface area contributed by atoms with Crippen molar-refractivity contribution in [2.45, 2.75) is 12.8 Å². The Bertz CT molecular complexity index is 632. The van der Waals surface area contributed by atoms with Gasteiger partial charge in [0.25, 0.3) is 0 Å². The molecule has 0 atom stereocenters. The molecule has 0 unspecified atom stereocenters. The van der Waals surface area contributed by atoms with Gasteiger partial charge in [-0.1, -0.05) is 35.9 Å². The number of nitrogens with one attached hydrogen (secondary N) is 1. The van der Waals surface area contributed by atoms with E-state index >= 15 is 0 Å². The fourth-order valence-corrected chi connectivity index (χ4v) is 2.71. The van der Waals surface area contributed by atoms with Crippen LogP contribution in [0.2, 0.25) is 5.15 Å². The lowest BCUT2D eigenvalue weighted by molar-refractivity contribution is 0.214. The van der Waals surface area contributed by atoms with Gasteiger partial charge >= 0.3 is 6.03 Å². The van der Waals surface area contributed by atoms with E-state index < -0.39 is 0 Å². The van der Waals surface area contributed by atoms with Crippen molar-refractivity contribution in [2.24, 2.45) is 0 Å². The Morgan fingerprint density at radius 2 is 1.76 bits per heavy atom. The molecular formula is C16H16ClN3O. The van der Waals surface area contributed by atoms with Gasteiger partial charge in [-0.3, -0.25) is 0 Å². The molecule has 0 bridgehead atoms. The minimum atomic E-state index is -0.127. The summed E-state index contributed by atoms with van der Waals surface area (Å²) in [5.74, 6) is 0. The number of amides is 2. The van der Waals surface area contributed by atoms with Gasteiger partial charge in [-0.25, -0.2) is 9.78 Å². The zero-order valence-corrected chi connectivity index (χ0v) is 12.3. The van der Waals surface area contributed by atoms with Gasteiger partial charge in [0.2, 0.25) is 0 Å². The van der Waals surface area contributed by atoms with Crippen molar-refractivity contribution in [1.82, 2.24) is 9.88 Å². The van der Waals surface area contributed by atoms with E-state index in [1.54, 1.807) is 18.3 Å². The van der Waals surface area contributed by atoms with Gasteiger partial charge in [-0.2, -0.15) is 0 Å². The van der Waals surface area contributed by atoms with Crippen LogP contribution >= 0.6 is 11.6 Å². The lowest BCUT2D eigenvalue weighted by Gasteiger charge is -2.21. The highest BCUT2D eigenvalue weighted by atomic mass is 35.5. The Balaban J connectivity index is 1.68. The molecule has 21 heavy (non-hydrogen) atoms. The first kappa shape index (κ1) is 13.9. The number of nitrogens with zero attached hydrogens (tertiary/aromatic N) is 2. The Hall–Kier alpha value is -2.07.